The monoisotopic (exact) mass is 292 g/mol. The first-order valence-electron chi connectivity index (χ1n) is 8.70. The van der Waals surface area contributed by atoms with Gasteiger partial charge < -0.3 is 0 Å². The summed E-state index contributed by atoms with van der Waals surface area (Å²) < 4.78 is 0. The zero-order valence-corrected chi connectivity index (χ0v) is 14.2. The number of rotatable bonds is 6. The smallest absolute Gasteiger partial charge is 0.0102 e. The van der Waals surface area contributed by atoms with Crippen LogP contribution in [-0.2, 0) is 0 Å². The molecule has 0 amide bonds. The SMILES string of the molecule is CC1=CC(C)=C(CC(CC(C)C2=CC=CC2)C2=CC=CC2)C1. The first-order chi connectivity index (χ1) is 10.6. The molecule has 22 heavy (non-hydrogen) atoms. The van der Waals surface area contributed by atoms with E-state index in [4.69, 9.17) is 0 Å². The molecule has 3 aliphatic rings. The molecule has 2 unspecified atom stereocenters. The van der Waals surface area contributed by atoms with Gasteiger partial charge in [-0.15, -0.1) is 0 Å². The van der Waals surface area contributed by atoms with Crippen molar-refractivity contribution < 1.29 is 0 Å². The van der Waals surface area contributed by atoms with E-state index in [0.29, 0.717) is 11.8 Å². The van der Waals surface area contributed by atoms with E-state index in [0.717, 1.165) is 12.8 Å². The van der Waals surface area contributed by atoms with E-state index in [1.807, 2.05) is 0 Å². The molecule has 0 fully saturated rings. The molecule has 0 bridgehead atoms. The Morgan fingerprint density at radius 1 is 1.00 bits per heavy atom. The summed E-state index contributed by atoms with van der Waals surface area (Å²) in [7, 11) is 0. The zero-order valence-electron chi connectivity index (χ0n) is 14.2. The minimum atomic E-state index is 0.692. The molecule has 0 heterocycles. The van der Waals surface area contributed by atoms with Gasteiger partial charge in [0.15, 0.2) is 0 Å². The maximum Gasteiger partial charge on any atom is -0.0102 e. The highest BCUT2D eigenvalue weighted by atomic mass is 14.3. The Kier molecular flexibility index (Phi) is 4.66. The molecular weight excluding hydrogens is 264 g/mol. The standard InChI is InChI=1S/C22H28/c1-16-12-17(2)21(13-16)15-22(20-10-6-7-11-20)14-18(3)19-8-4-5-9-19/h4-8,10,12,18,22H,9,11,13-15H2,1-3H3. The molecule has 0 aromatic heterocycles. The summed E-state index contributed by atoms with van der Waals surface area (Å²) in [5.74, 6) is 1.40. The molecular formula is C22H28. The van der Waals surface area contributed by atoms with Crippen LogP contribution in [-0.4, -0.2) is 0 Å². The fourth-order valence-electron chi connectivity index (χ4n) is 4.07. The van der Waals surface area contributed by atoms with Crippen molar-refractivity contribution in [2.75, 3.05) is 0 Å². The van der Waals surface area contributed by atoms with Crippen LogP contribution >= 0.6 is 0 Å². The Hall–Kier alpha value is -1.56. The Labute approximate surface area is 135 Å². The van der Waals surface area contributed by atoms with Gasteiger partial charge in [0.25, 0.3) is 0 Å². The molecule has 0 nitrogen and oxygen atoms in total. The van der Waals surface area contributed by atoms with Gasteiger partial charge in [-0.3, -0.25) is 0 Å². The number of allylic oxidation sites excluding steroid dienone is 12. The van der Waals surface area contributed by atoms with Gasteiger partial charge in [0.05, 0.1) is 0 Å². The van der Waals surface area contributed by atoms with Crippen LogP contribution in [0.4, 0.5) is 0 Å². The maximum absolute atomic E-state index is 2.41. The van der Waals surface area contributed by atoms with Crippen molar-refractivity contribution in [2.24, 2.45) is 11.8 Å². The Bertz CT molecular complexity index is 616. The predicted octanol–water partition coefficient (Wildman–Crippen LogP) is 6.46. The normalized spacial score (nSPS) is 23.0. The molecule has 0 saturated carbocycles. The highest BCUT2D eigenvalue weighted by Crippen LogP contribution is 2.38. The second-order valence-electron chi connectivity index (χ2n) is 7.24. The topological polar surface area (TPSA) is 0 Å². The highest BCUT2D eigenvalue weighted by Gasteiger charge is 2.23. The third kappa shape index (κ3) is 3.43. The van der Waals surface area contributed by atoms with E-state index in [9.17, 15) is 0 Å². The van der Waals surface area contributed by atoms with Crippen molar-refractivity contribution >= 4 is 0 Å². The average molecular weight is 292 g/mol. The van der Waals surface area contributed by atoms with E-state index in [1.54, 1.807) is 16.7 Å². The molecule has 0 aromatic rings. The molecule has 0 aromatic carbocycles. The molecule has 3 rings (SSSR count). The van der Waals surface area contributed by atoms with E-state index < -0.39 is 0 Å². The summed E-state index contributed by atoms with van der Waals surface area (Å²) in [6.45, 7) is 6.96. The van der Waals surface area contributed by atoms with Crippen LogP contribution in [0.3, 0.4) is 0 Å². The lowest BCUT2D eigenvalue weighted by molar-refractivity contribution is 0.460. The molecule has 0 radical (unpaired) electrons. The maximum atomic E-state index is 2.41. The van der Waals surface area contributed by atoms with Gasteiger partial charge in [-0.25, -0.2) is 0 Å². The molecule has 0 aliphatic heterocycles. The van der Waals surface area contributed by atoms with Crippen LogP contribution in [0.25, 0.3) is 0 Å². The summed E-state index contributed by atoms with van der Waals surface area (Å²) in [6.07, 6.45) is 22.2. The van der Waals surface area contributed by atoms with Crippen molar-refractivity contribution in [1.82, 2.24) is 0 Å². The quantitative estimate of drug-likeness (QED) is 0.527. The summed E-state index contributed by atoms with van der Waals surface area (Å²) in [4.78, 5) is 0. The molecule has 116 valence electrons. The fraction of sp³-hybridized carbons (Fsp3) is 0.455. The Morgan fingerprint density at radius 3 is 2.23 bits per heavy atom. The van der Waals surface area contributed by atoms with Crippen LogP contribution in [0, 0.1) is 11.8 Å². The van der Waals surface area contributed by atoms with Crippen LogP contribution in [0.1, 0.15) is 52.9 Å². The van der Waals surface area contributed by atoms with Gasteiger partial charge in [-0.1, -0.05) is 77.3 Å². The zero-order chi connectivity index (χ0) is 15.5. The summed E-state index contributed by atoms with van der Waals surface area (Å²) >= 11 is 0. The molecule has 3 aliphatic carbocycles. The van der Waals surface area contributed by atoms with Crippen molar-refractivity contribution in [3.8, 4) is 0 Å². The van der Waals surface area contributed by atoms with Crippen LogP contribution in [0.15, 0.2) is 70.4 Å². The lowest BCUT2D eigenvalue weighted by Gasteiger charge is -2.24. The van der Waals surface area contributed by atoms with Crippen molar-refractivity contribution in [3.63, 3.8) is 0 Å². The van der Waals surface area contributed by atoms with Gasteiger partial charge in [-0.2, -0.15) is 0 Å². The Morgan fingerprint density at radius 2 is 1.68 bits per heavy atom. The van der Waals surface area contributed by atoms with Gasteiger partial charge in [0.2, 0.25) is 0 Å². The van der Waals surface area contributed by atoms with E-state index in [1.165, 1.54) is 30.4 Å². The molecule has 0 spiro atoms. The fourth-order valence-corrected chi connectivity index (χ4v) is 4.07. The average Bonchev–Trinajstić information content (AvgIpc) is 3.20. The van der Waals surface area contributed by atoms with E-state index in [2.05, 4.69) is 63.3 Å². The minimum absolute atomic E-state index is 0.692. The second-order valence-corrected chi connectivity index (χ2v) is 7.24. The van der Waals surface area contributed by atoms with Gasteiger partial charge >= 0.3 is 0 Å². The summed E-state index contributed by atoms with van der Waals surface area (Å²) in [6, 6.07) is 0. The largest absolute Gasteiger partial charge is 0.0805 e. The van der Waals surface area contributed by atoms with Crippen LogP contribution in [0.2, 0.25) is 0 Å². The number of hydrogen-bond acceptors (Lipinski definition) is 0. The van der Waals surface area contributed by atoms with Gasteiger partial charge in [-0.05, 0) is 57.8 Å². The molecule has 0 saturated heterocycles. The first-order valence-corrected chi connectivity index (χ1v) is 8.70. The molecule has 0 N–H and O–H groups in total. The minimum Gasteiger partial charge on any atom is -0.0805 e. The van der Waals surface area contributed by atoms with Crippen molar-refractivity contribution in [2.45, 2.75) is 52.9 Å². The third-order valence-electron chi connectivity index (χ3n) is 5.40. The highest BCUT2D eigenvalue weighted by molar-refractivity contribution is 5.38. The summed E-state index contributed by atoms with van der Waals surface area (Å²) in [5, 5.41) is 0. The third-order valence-corrected chi connectivity index (χ3v) is 5.40. The van der Waals surface area contributed by atoms with Gasteiger partial charge in [0.1, 0.15) is 0 Å². The van der Waals surface area contributed by atoms with Crippen molar-refractivity contribution in [3.05, 3.63) is 70.4 Å². The summed E-state index contributed by atoms with van der Waals surface area (Å²) in [5.41, 5.74) is 7.97. The van der Waals surface area contributed by atoms with Gasteiger partial charge in [0, 0.05) is 0 Å². The van der Waals surface area contributed by atoms with Crippen molar-refractivity contribution in [1.29, 1.82) is 0 Å². The number of hydrogen-bond donors (Lipinski definition) is 0. The lowest BCUT2D eigenvalue weighted by Crippen LogP contribution is -2.11. The molecule has 0 heteroatoms. The van der Waals surface area contributed by atoms with Crippen LogP contribution in [0.5, 0.6) is 0 Å². The lowest BCUT2D eigenvalue weighted by atomic mass is 9.80. The van der Waals surface area contributed by atoms with E-state index >= 15 is 0 Å². The van der Waals surface area contributed by atoms with E-state index in [-0.39, 0.29) is 0 Å². The first kappa shape index (κ1) is 15.3. The second kappa shape index (κ2) is 6.69. The molecule has 2 atom stereocenters. The Balaban J connectivity index is 1.69. The van der Waals surface area contributed by atoms with Crippen LogP contribution < -0.4 is 0 Å². The predicted molar refractivity (Wildman–Crippen MR) is 96.6 cm³/mol.